The van der Waals surface area contributed by atoms with Gasteiger partial charge in [0.1, 0.15) is 5.82 Å². The Balaban J connectivity index is 2.10. The summed E-state index contributed by atoms with van der Waals surface area (Å²) >= 11 is 0. The van der Waals surface area contributed by atoms with Crippen LogP contribution in [0.5, 0.6) is 0 Å². The monoisotopic (exact) mass is 342 g/mol. The molecule has 0 aliphatic heterocycles. The van der Waals surface area contributed by atoms with E-state index in [1.165, 1.54) is 24.0 Å². The summed E-state index contributed by atoms with van der Waals surface area (Å²) in [5.41, 5.74) is 5.14. The number of hydrogen-bond acceptors (Lipinski definition) is 2. The molecule has 2 aromatic carbocycles. The third kappa shape index (κ3) is 3.34. The van der Waals surface area contributed by atoms with Crippen LogP contribution in [-0.2, 0) is 9.84 Å². The third-order valence-corrected chi connectivity index (χ3v) is 5.23. The summed E-state index contributed by atoms with van der Waals surface area (Å²) in [4.78, 5) is 0.330. The maximum atomic E-state index is 13.1. The van der Waals surface area contributed by atoms with Crippen LogP contribution >= 0.6 is 0 Å². The highest BCUT2D eigenvalue weighted by Gasteiger charge is 2.20. The predicted molar refractivity (Wildman–Crippen MR) is 96.7 cm³/mol. The van der Waals surface area contributed by atoms with Crippen molar-refractivity contribution in [2.75, 3.05) is 6.26 Å². The quantitative estimate of drug-likeness (QED) is 0.786. The van der Waals surface area contributed by atoms with Crippen molar-refractivity contribution < 1.29 is 12.8 Å². The number of benzene rings is 2. The molecular formula is C20H19FO2S. The second kappa shape index (κ2) is 6.36. The molecule has 24 heavy (non-hydrogen) atoms. The van der Waals surface area contributed by atoms with Crippen LogP contribution in [0.4, 0.5) is 4.39 Å². The summed E-state index contributed by atoms with van der Waals surface area (Å²) in [6, 6.07) is 11.6. The van der Waals surface area contributed by atoms with E-state index in [9.17, 15) is 12.8 Å². The molecule has 0 saturated carbocycles. The van der Waals surface area contributed by atoms with Crippen molar-refractivity contribution in [1.29, 1.82) is 0 Å². The number of sulfone groups is 1. The van der Waals surface area contributed by atoms with Gasteiger partial charge < -0.3 is 0 Å². The van der Waals surface area contributed by atoms with E-state index in [4.69, 9.17) is 0 Å². The number of rotatable bonds is 4. The maximum Gasteiger partial charge on any atom is 0.175 e. The minimum Gasteiger partial charge on any atom is -0.224 e. The molecule has 0 unspecified atom stereocenters. The van der Waals surface area contributed by atoms with Crippen LogP contribution < -0.4 is 0 Å². The molecule has 3 rings (SSSR count). The topological polar surface area (TPSA) is 34.1 Å². The molecule has 0 amide bonds. The zero-order valence-corrected chi connectivity index (χ0v) is 14.5. The smallest absolute Gasteiger partial charge is 0.175 e. The number of halogens is 1. The summed E-state index contributed by atoms with van der Waals surface area (Å²) in [7, 11) is -3.23. The van der Waals surface area contributed by atoms with Crippen LogP contribution in [-0.4, -0.2) is 14.7 Å². The second-order valence-electron chi connectivity index (χ2n) is 6.05. The summed E-state index contributed by atoms with van der Waals surface area (Å²) in [6.07, 6.45) is 7.22. The van der Waals surface area contributed by atoms with Gasteiger partial charge in [-0.3, -0.25) is 0 Å². The van der Waals surface area contributed by atoms with Gasteiger partial charge in [0.15, 0.2) is 9.84 Å². The average Bonchev–Trinajstić information content (AvgIpc) is 2.86. The van der Waals surface area contributed by atoms with E-state index in [1.807, 2.05) is 12.1 Å². The molecule has 2 aromatic rings. The molecule has 0 N–H and O–H groups in total. The van der Waals surface area contributed by atoms with Gasteiger partial charge in [-0.25, -0.2) is 12.8 Å². The van der Waals surface area contributed by atoms with Gasteiger partial charge in [-0.15, -0.1) is 0 Å². The van der Waals surface area contributed by atoms with Crippen LogP contribution in [0.2, 0.25) is 0 Å². The molecule has 0 spiro atoms. The first kappa shape index (κ1) is 16.7. The standard InChI is InChI=1S/C20H19FO2S/c1-3-4-15-12-16-13-18(24(2,22)23)9-10-19(16)20(15)11-14-5-7-17(21)8-6-14/h5-13H,3-4H2,1-2H3/b20-11-. The van der Waals surface area contributed by atoms with Gasteiger partial charge in [0.2, 0.25) is 0 Å². The van der Waals surface area contributed by atoms with E-state index in [0.29, 0.717) is 4.90 Å². The largest absolute Gasteiger partial charge is 0.224 e. The second-order valence-corrected chi connectivity index (χ2v) is 8.07. The van der Waals surface area contributed by atoms with Crippen molar-refractivity contribution in [2.45, 2.75) is 24.7 Å². The van der Waals surface area contributed by atoms with Gasteiger partial charge in [0.25, 0.3) is 0 Å². The van der Waals surface area contributed by atoms with E-state index >= 15 is 0 Å². The number of fused-ring (bicyclic) bond motifs is 1. The first-order chi connectivity index (χ1) is 11.4. The maximum absolute atomic E-state index is 13.1. The molecule has 0 heterocycles. The van der Waals surface area contributed by atoms with Gasteiger partial charge in [0.05, 0.1) is 4.90 Å². The number of allylic oxidation sites excluding steroid dienone is 2. The van der Waals surface area contributed by atoms with E-state index in [2.05, 4.69) is 13.0 Å². The highest BCUT2D eigenvalue weighted by molar-refractivity contribution is 7.90. The fraction of sp³-hybridized carbons (Fsp3) is 0.200. The van der Waals surface area contributed by atoms with Crippen molar-refractivity contribution in [3.63, 3.8) is 0 Å². The highest BCUT2D eigenvalue weighted by atomic mass is 32.2. The lowest BCUT2D eigenvalue weighted by Crippen LogP contribution is -1.97. The molecule has 0 radical (unpaired) electrons. The van der Waals surface area contributed by atoms with E-state index in [0.717, 1.165) is 35.1 Å². The molecule has 0 atom stereocenters. The molecule has 1 aliphatic carbocycles. The van der Waals surface area contributed by atoms with Crippen molar-refractivity contribution in [1.82, 2.24) is 0 Å². The Morgan fingerprint density at radius 2 is 1.79 bits per heavy atom. The predicted octanol–water partition coefficient (Wildman–Crippen LogP) is 4.97. The summed E-state index contributed by atoms with van der Waals surface area (Å²) in [6.45, 7) is 2.11. The minimum atomic E-state index is -3.23. The molecule has 0 fully saturated rings. The molecule has 124 valence electrons. The lowest BCUT2D eigenvalue weighted by atomic mass is 9.97. The Labute approximate surface area is 142 Å². The summed E-state index contributed by atoms with van der Waals surface area (Å²) < 4.78 is 36.7. The van der Waals surface area contributed by atoms with Crippen molar-refractivity contribution in [2.24, 2.45) is 0 Å². The highest BCUT2D eigenvalue weighted by Crippen LogP contribution is 2.39. The van der Waals surface area contributed by atoms with Crippen LogP contribution in [0, 0.1) is 5.82 Å². The first-order valence-corrected chi connectivity index (χ1v) is 9.80. The Kier molecular flexibility index (Phi) is 4.41. The minimum absolute atomic E-state index is 0.258. The fourth-order valence-electron chi connectivity index (χ4n) is 2.95. The zero-order valence-electron chi connectivity index (χ0n) is 13.7. The molecular weight excluding hydrogens is 323 g/mol. The Morgan fingerprint density at radius 1 is 1.08 bits per heavy atom. The van der Waals surface area contributed by atoms with E-state index in [1.54, 1.807) is 24.3 Å². The Hall–Kier alpha value is -2.20. The van der Waals surface area contributed by atoms with E-state index in [-0.39, 0.29) is 5.82 Å². The molecule has 2 nitrogen and oxygen atoms in total. The van der Waals surface area contributed by atoms with Crippen molar-refractivity contribution in [3.05, 3.63) is 70.5 Å². The van der Waals surface area contributed by atoms with Gasteiger partial charge in [-0.2, -0.15) is 0 Å². The van der Waals surface area contributed by atoms with E-state index < -0.39 is 9.84 Å². The first-order valence-electron chi connectivity index (χ1n) is 7.91. The molecule has 0 bridgehead atoms. The van der Waals surface area contributed by atoms with Crippen molar-refractivity contribution >= 4 is 27.6 Å². The molecule has 0 saturated heterocycles. The lowest BCUT2D eigenvalue weighted by molar-refractivity contribution is 0.602. The van der Waals surface area contributed by atoms with Crippen LogP contribution in [0.1, 0.15) is 36.5 Å². The van der Waals surface area contributed by atoms with Crippen molar-refractivity contribution in [3.8, 4) is 0 Å². The molecule has 4 heteroatoms. The summed E-state index contributed by atoms with van der Waals surface area (Å²) in [5.74, 6) is -0.258. The average molecular weight is 342 g/mol. The lowest BCUT2D eigenvalue weighted by Gasteiger charge is -2.08. The zero-order chi connectivity index (χ0) is 17.3. The van der Waals surface area contributed by atoms with Crippen LogP contribution in [0.15, 0.2) is 52.9 Å². The third-order valence-electron chi connectivity index (χ3n) is 4.12. The van der Waals surface area contributed by atoms with Gasteiger partial charge in [-0.05, 0) is 64.6 Å². The molecule has 1 aliphatic rings. The Morgan fingerprint density at radius 3 is 2.42 bits per heavy atom. The van der Waals surface area contributed by atoms with Gasteiger partial charge >= 0.3 is 0 Å². The molecule has 0 aromatic heterocycles. The van der Waals surface area contributed by atoms with Gasteiger partial charge in [-0.1, -0.05) is 37.6 Å². The van der Waals surface area contributed by atoms with Crippen LogP contribution in [0.25, 0.3) is 17.7 Å². The summed E-state index contributed by atoms with van der Waals surface area (Å²) in [5, 5.41) is 0. The van der Waals surface area contributed by atoms with Gasteiger partial charge in [0, 0.05) is 6.26 Å². The fourth-order valence-corrected chi connectivity index (χ4v) is 3.60. The normalized spacial score (nSPS) is 15.5. The Bertz CT molecular complexity index is 936. The number of hydrogen-bond donors (Lipinski definition) is 0. The van der Waals surface area contributed by atoms with Crippen LogP contribution in [0.3, 0.4) is 0 Å². The SMILES string of the molecule is CCCC1=Cc2cc(S(C)(=O)=O)ccc2/C1=C\c1ccc(F)cc1.